The molecule has 0 atom stereocenters. The van der Waals surface area contributed by atoms with Crippen LogP contribution in [0.4, 0.5) is 20.3 Å². The molecule has 0 radical (unpaired) electrons. The first-order valence-corrected chi connectivity index (χ1v) is 8.80. The van der Waals surface area contributed by atoms with E-state index in [4.69, 9.17) is 5.73 Å². The summed E-state index contributed by atoms with van der Waals surface area (Å²) in [6.45, 7) is 1.42. The van der Waals surface area contributed by atoms with Gasteiger partial charge in [-0.25, -0.2) is 13.8 Å². The number of aromatic nitrogens is 5. The van der Waals surface area contributed by atoms with E-state index >= 15 is 0 Å². The molecule has 0 bridgehead atoms. The van der Waals surface area contributed by atoms with Gasteiger partial charge in [0.1, 0.15) is 11.5 Å². The molecule has 0 saturated carbocycles. The zero-order valence-electron chi connectivity index (χ0n) is 15.7. The van der Waals surface area contributed by atoms with Gasteiger partial charge in [-0.3, -0.25) is 4.79 Å². The molecule has 150 valence electrons. The summed E-state index contributed by atoms with van der Waals surface area (Å²) in [5.41, 5.74) is 8.24. The molecule has 4 rings (SSSR count). The largest absolute Gasteiger partial charge is 0.383 e. The zero-order chi connectivity index (χ0) is 21.3. The van der Waals surface area contributed by atoms with E-state index in [0.717, 1.165) is 16.3 Å². The van der Waals surface area contributed by atoms with Crippen molar-refractivity contribution in [2.45, 2.75) is 6.92 Å². The maximum absolute atomic E-state index is 14.3. The minimum absolute atomic E-state index is 0.101. The average molecular weight is 407 g/mol. The molecule has 0 aliphatic carbocycles. The van der Waals surface area contributed by atoms with E-state index in [-0.39, 0.29) is 23.2 Å². The van der Waals surface area contributed by atoms with Crippen LogP contribution in [0.5, 0.6) is 0 Å². The van der Waals surface area contributed by atoms with Crippen molar-refractivity contribution in [2.75, 3.05) is 11.1 Å². The smallest absolute Gasteiger partial charge is 0.221 e. The van der Waals surface area contributed by atoms with Crippen LogP contribution in [-0.2, 0) is 4.79 Å². The molecule has 1 amide bonds. The third kappa shape index (κ3) is 3.58. The number of anilines is 2. The Hall–Kier alpha value is -4.21. The first-order valence-electron chi connectivity index (χ1n) is 8.80. The van der Waals surface area contributed by atoms with Crippen LogP contribution in [-0.4, -0.2) is 31.1 Å². The molecule has 4 aromatic rings. The van der Waals surface area contributed by atoms with E-state index in [1.807, 2.05) is 6.07 Å². The maximum atomic E-state index is 14.3. The predicted molar refractivity (Wildman–Crippen MR) is 106 cm³/mol. The molecule has 10 heteroatoms. The Bertz CT molecular complexity index is 1260. The van der Waals surface area contributed by atoms with Gasteiger partial charge in [0.25, 0.3) is 0 Å². The third-order valence-electron chi connectivity index (χ3n) is 4.30. The number of rotatable bonds is 4. The highest BCUT2D eigenvalue weighted by atomic mass is 19.2. The molecule has 2 aromatic carbocycles. The van der Waals surface area contributed by atoms with Gasteiger partial charge in [-0.15, -0.1) is 5.10 Å². The molecule has 0 fully saturated rings. The Labute approximate surface area is 169 Å². The van der Waals surface area contributed by atoms with Crippen LogP contribution in [0.3, 0.4) is 0 Å². The summed E-state index contributed by atoms with van der Waals surface area (Å²) in [5, 5.41) is 14.0. The lowest BCUT2D eigenvalue weighted by Crippen LogP contribution is -2.06. The summed E-state index contributed by atoms with van der Waals surface area (Å²) in [7, 11) is 0. The maximum Gasteiger partial charge on any atom is 0.221 e. The number of carbonyl (C=O) groups is 1. The van der Waals surface area contributed by atoms with Crippen LogP contribution in [0.25, 0.3) is 28.2 Å². The van der Waals surface area contributed by atoms with Crippen molar-refractivity contribution in [1.82, 2.24) is 25.2 Å². The van der Waals surface area contributed by atoms with E-state index in [9.17, 15) is 13.6 Å². The Morgan fingerprint density at radius 1 is 1.10 bits per heavy atom. The molecular formula is C20H15F2N7O. The van der Waals surface area contributed by atoms with Gasteiger partial charge in [0, 0.05) is 24.4 Å². The molecule has 2 aromatic heterocycles. The molecule has 0 aliphatic heterocycles. The van der Waals surface area contributed by atoms with Gasteiger partial charge in [0.2, 0.25) is 5.91 Å². The van der Waals surface area contributed by atoms with E-state index < -0.39 is 11.6 Å². The van der Waals surface area contributed by atoms with Crippen molar-refractivity contribution < 1.29 is 13.6 Å². The molecule has 8 nitrogen and oxygen atoms in total. The van der Waals surface area contributed by atoms with Gasteiger partial charge in [0.05, 0.1) is 5.56 Å². The summed E-state index contributed by atoms with van der Waals surface area (Å²) in [5.74, 6) is -2.09. The van der Waals surface area contributed by atoms with Crippen LogP contribution in [0, 0.1) is 11.6 Å². The quantitative estimate of drug-likeness (QED) is 0.537. The second-order valence-corrected chi connectivity index (χ2v) is 6.41. The summed E-state index contributed by atoms with van der Waals surface area (Å²) in [4.78, 5) is 15.5. The summed E-state index contributed by atoms with van der Waals surface area (Å²) in [6.07, 6.45) is 1.56. The lowest BCUT2D eigenvalue weighted by molar-refractivity contribution is -0.114. The Kier molecular flexibility index (Phi) is 4.88. The van der Waals surface area contributed by atoms with Gasteiger partial charge in [-0.05, 0) is 46.3 Å². The van der Waals surface area contributed by atoms with Gasteiger partial charge in [0.15, 0.2) is 17.5 Å². The minimum Gasteiger partial charge on any atom is -0.383 e. The summed E-state index contributed by atoms with van der Waals surface area (Å²) < 4.78 is 29.0. The van der Waals surface area contributed by atoms with Crippen molar-refractivity contribution in [2.24, 2.45) is 0 Å². The molecule has 0 unspecified atom stereocenters. The van der Waals surface area contributed by atoms with Gasteiger partial charge in [-0.1, -0.05) is 18.2 Å². The monoisotopic (exact) mass is 407 g/mol. The van der Waals surface area contributed by atoms with Crippen molar-refractivity contribution in [3.05, 3.63) is 66.4 Å². The highest BCUT2D eigenvalue weighted by molar-refractivity contribution is 5.89. The average Bonchev–Trinajstić information content (AvgIpc) is 3.19. The van der Waals surface area contributed by atoms with Crippen LogP contribution in [0.1, 0.15) is 6.92 Å². The number of carbonyl (C=O) groups excluding carboxylic acids is 1. The Morgan fingerprint density at radius 2 is 1.90 bits per heavy atom. The molecule has 0 aliphatic rings. The van der Waals surface area contributed by atoms with Crippen molar-refractivity contribution in [1.29, 1.82) is 0 Å². The number of nitrogens with two attached hydrogens (primary N) is 1. The Balaban J connectivity index is 1.81. The molecular weight excluding hydrogens is 392 g/mol. The summed E-state index contributed by atoms with van der Waals surface area (Å²) >= 11 is 0. The van der Waals surface area contributed by atoms with Gasteiger partial charge in [-0.2, -0.15) is 4.68 Å². The number of pyridine rings is 1. The van der Waals surface area contributed by atoms with E-state index in [2.05, 4.69) is 25.8 Å². The van der Waals surface area contributed by atoms with Crippen molar-refractivity contribution in [3.63, 3.8) is 0 Å². The molecule has 0 spiro atoms. The zero-order valence-corrected chi connectivity index (χ0v) is 15.7. The Morgan fingerprint density at radius 3 is 2.70 bits per heavy atom. The van der Waals surface area contributed by atoms with Crippen LogP contribution in [0.2, 0.25) is 0 Å². The second kappa shape index (κ2) is 7.66. The number of nitrogens with one attached hydrogen (secondary N) is 1. The number of tetrazole rings is 1. The molecule has 30 heavy (non-hydrogen) atoms. The number of benzene rings is 2. The topological polar surface area (TPSA) is 112 Å². The number of amides is 1. The van der Waals surface area contributed by atoms with Gasteiger partial charge < -0.3 is 11.1 Å². The normalized spacial score (nSPS) is 10.8. The second-order valence-electron chi connectivity index (χ2n) is 6.41. The highest BCUT2D eigenvalue weighted by Crippen LogP contribution is 2.30. The number of hydrogen-bond donors (Lipinski definition) is 2. The lowest BCUT2D eigenvalue weighted by atomic mass is 10.0. The van der Waals surface area contributed by atoms with Crippen LogP contribution >= 0.6 is 0 Å². The first kappa shape index (κ1) is 19.1. The van der Waals surface area contributed by atoms with Crippen molar-refractivity contribution >= 4 is 17.4 Å². The fourth-order valence-corrected chi connectivity index (χ4v) is 2.97. The first-order chi connectivity index (χ1) is 14.4. The highest BCUT2D eigenvalue weighted by Gasteiger charge is 2.19. The van der Waals surface area contributed by atoms with E-state index in [1.165, 1.54) is 19.1 Å². The lowest BCUT2D eigenvalue weighted by Gasteiger charge is -2.10. The summed E-state index contributed by atoms with van der Waals surface area (Å²) in [6, 6.07) is 12.5. The van der Waals surface area contributed by atoms with E-state index in [1.54, 1.807) is 30.5 Å². The third-order valence-corrected chi connectivity index (χ3v) is 4.30. The molecule has 3 N–H and O–H groups in total. The number of halogens is 2. The number of nitrogens with zero attached hydrogens (tertiary/aromatic N) is 5. The fourth-order valence-electron chi connectivity index (χ4n) is 2.97. The standard InChI is InChI=1S/C20H15F2N7O/c1-11(30)25-14-5-2-4-12(8-14)13-9-15(19(23)24-10-13)20-26-27-28-29(20)17-7-3-6-16(21)18(17)22/h2-10H,1H3,(H2,23,24)(H,25,30). The van der Waals surface area contributed by atoms with Gasteiger partial charge >= 0.3 is 0 Å². The molecule has 2 heterocycles. The van der Waals surface area contributed by atoms with E-state index in [0.29, 0.717) is 16.8 Å². The fraction of sp³-hybridized carbons (Fsp3) is 0.0500. The van der Waals surface area contributed by atoms with Crippen molar-refractivity contribution in [3.8, 4) is 28.2 Å². The van der Waals surface area contributed by atoms with Crippen LogP contribution < -0.4 is 11.1 Å². The SMILES string of the molecule is CC(=O)Nc1cccc(-c2cnc(N)c(-c3nnnn3-c3cccc(F)c3F)c2)c1. The number of hydrogen-bond acceptors (Lipinski definition) is 6. The number of nitrogen functional groups attached to an aromatic ring is 1. The predicted octanol–water partition coefficient (Wildman–Crippen LogP) is 3.21. The molecule has 0 saturated heterocycles. The van der Waals surface area contributed by atoms with Crippen LogP contribution in [0.15, 0.2) is 54.7 Å². The minimum atomic E-state index is -1.09.